The third-order valence-electron chi connectivity index (χ3n) is 4.68. The maximum absolute atomic E-state index is 12.2. The predicted octanol–water partition coefficient (Wildman–Crippen LogP) is 1.60. The number of H-pyrrole nitrogens is 1. The average Bonchev–Trinajstić information content (AvgIpc) is 2.38. The van der Waals surface area contributed by atoms with E-state index >= 15 is 0 Å². The molecule has 3 saturated carbocycles. The van der Waals surface area contributed by atoms with Gasteiger partial charge in [-0.05, 0) is 47.2 Å². The number of aromatic hydroxyl groups is 1. The van der Waals surface area contributed by atoms with E-state index in [1.54, 1.807) is 6.07 Å². The molecule has 2 heterocycles. The minimum absolute atomic E-state index is 0.0361. The summed E-state index contributed by atoms with van der Waals surface area (Å²) in [5.74, 6) is 0.364. The number of carbonyl (C=O) groups is 1. The van der Waals surface area contributed by atoms with E-state index in [1.165, 1.54) is 6.20 Å². The Bertz CT molecular complexity index is 844. The lowest BCUT2D eigenvalue weighted by atomic mass is 9.50. The van der Waals surface area contributed by atoms with Crippen LogP contribution >= 0.6 is 15.9 Å². The Labute approximate surface area is 134 Å². The number of hydrogen-bond acceptors (Lipinski definition) is 4. The van der Waals surface area contributed by atoms with Gasteiger partial charge in [-0.15, -0.1) is 0 Å². The molecule has 5 rings (SSSR count). The molecular formula is C15H14BrN3O3. The molecule has 3 fully saturated rings. The summed E-state index contributed by atoms with van der Waals surface area (Å²) >= 11 is 3.28. The molecule has 6 nitrogen and oxygen atoms in total. The van der Waals surface area contributed by atoms with E-state index in [1.807, 2.05) is 0 Å². The molecule has 0 saturated heterocycles. The van der Waals surface area contributed by atoms with Crippen LogP contribution in [0.5, 0.6) is 5.75 Å². The molecule has 3 aliphatic rings. The predicted molar refractivity (Wildman–Crippen MR) is 83.6 cm³/mol. The molecule has 0 aliphatic heterocycles. The molecule has 2 aromatic rings. The van der Waals surface area contributed by atoms with Gasteiger partial charge in [0.25, 0.3) is 5.56 Å². The van der Waals surface area contributed by atoms with Crippen LogP contribution in [0.1, 0.15) is 24.8 Å². The summed E-state index contributed by atoms with van der Waals surface area (Å²) in [7, 11) is 0. The van der Waals surface area contributed by atoms with Gasteiger partial charge in [-0.1, -0.05) is 0 Å². The molecule has 3 aliphatic carbocycles. The summed E-state index contributed by atoms with van der Waals surface area (Å²) in [6, 6.07) is 1.66. The summed E-state index contributed by atoms with van der Waals surface area (Å²) < 4.78 is 0.687. The molecule has 1 amide bonds. The number of pyridine rings is 2. The Balaban J connectivity index is 1.65. The minimum atomic E-state index is -0.479. The number of hydrogen-bond donors (Lipinski definition) is 3. The molecule has 0 spiro atoms. The van der Waals surface area contributed by atoms with Crippen molar-refractivity contribution in [3.63, 3.8) is 0 Å². The Morgan fingerprint density at radius 2 is 2.23 bits per heavy atom. The smallest absolute Gasteiger partial charge is 0.257 e. The van der Waals surface area contributed by atoms with Crippen molar-refractivity contribution in [1.82, 2.24) is 15.3 Å². The van der Waals surface area contributed by atoms with Crippen molar-refractivity contribution in [2.45, 2.75) is 31.2 Å². The van der Waals surface area contributed by atoms with E-state index in [2.05, 4.69) is 31.2 Å². The Kier molecular flexibility index (Phi) is 2.84. The zero-order valence-electron chi connectivity index (χ0n) is 11.6. The quantitative estimate of drug-likeness (QED) is 0.771. The van der Waals surface area contributed by atoms with Gasteiger partial charge in [0, 0.05) is 16.2 Å². The summed E-state index contributed by atoms with van der Waals surface area (Å²) in [6.07, 6.45) is 4.52. The number of halogens is 1. The molecule has 2 aromatic heterocycles. The molecule has 0 unspecified atom stereocenters. The second-order valence-electron chi connectivity index (χ2n) is 6.31. The van der Waals surface area contributed by atoms with Crippen molar-refractivity contribution in [3.05, 3.63) is 32.7 Å². The fraction of sp³-hybridized carbons (Fsp3) is 0.400. The Morgan fingerprint density at radius 1 is 1.50 bits per heavy atom. The highest BCUT2D eigenvalue weighted by atomic mass is 79.9. The minimum Gasteiger partial charge on any atom is -0.507 e. The zero-order valence-corrected chi connectivity index (χ0v) is 13.2. The van der Waals surface area contributed by atoms with Crippen LogP contribution in [-0.2, 0) is 11.2 Å². The van der Waals surface area contributed by atoms with Crippen molar-refractivity contribution in [3.8, 4) is 5.75 Å². The van der Waals surface area contributed by atoms with Gasteiger partial charge in [-0.25, -0.2) is 4.98 Å². The van der Waals surface area contributed by atoms with Crippen molar-refractivity contribution in [1.29, 1.82) is 0 Å². The van der Waals surface area contributed by atoms with Crippen LogP contribution in [0, 0.1) is 5.92 Å². The number of fused-ring (bicyclic) bond motifs is 1. The SMILES string of the molecule is O=C(Cc1c(O)c2cc(Br)cnc2[nH]c1=O)NC12CC(C1)C2. The van der Waals surface area contributed by atoms with Gasteiger partial charge in [0.05, 0.1) is 17.4 Å². The lowest BCUT2D eigenvalue weighted by molar-refractivity contribution is -0.132. The van der Waals surface area contributed by atoms with Crippen molar-refractivity contribution < 1.29 is 9.90 Å². The normalized spacial score (nSPS) is 25.4. The molecule has 22 heavy (non-hydrogen) atoms. The third-order valence-corrected chi connectivity index (χ3v) is 5.12. The highest BCUT2D eigenvalue weighted by Gasteiger charge is 2.57. The summed E-state index contributed by atoms with van der Waals surface area (Å²) in [5, 5.41) is 13.7. The van der Waals surface area contributed by atoms with E-state index in [0.29, 0.717) is 15.5 Å². The van der Waals surface area contributed by atoms with Gasteiger partial charge in [0.1, 0.15) is 11.4 Å². The Morgan fingerprint density at radius 3 is 2.86 bits per heavy atom. The zero-order chi connectivity index (χ0) is 15.5. The van der Waals surface area contributed by atoms with Gasteiger partial charge >= 0.3 is 0 Å². The van der Waals surface area contributed by atoms with Crippen LogP contribution in [0.2, 0.25) is 0 Å². The second kappa shape index (κ2) is 4.55. The van der Waals surface area contributed by atoms with E-state index in [-0.39, 0.29) is 29.2 Å². The largest absolute Gasteiger partial charge is 0.507 e. The maximum Gasteiger partial charge on any atom is 0.257 e. The van der Waals surface area contributed by atoms with Crippen molar-refractivity contribution in [2.24, 2.45) is 5.92 Å². The maximum atomic E-state index is 12.2. The number of nitrogens with zero attached hydrogens (tertiary/aromatic N) is 1. The molecule has 2 bridgehead atoms. The summed E-state index contributed by atoms with van der Waals surface area (Å²) in [5.41, 5.74) is -0.135. The van der Waals surface area contributed by atoms with Crippen molar-refractivity contribution in [2.75, 3.05) is 0 Å². The standard InChI is InChI=1S/C15H14BrN3O3/c16-8-1-9-12(21)10(14(22)18-13(9)17-6-8)2-11(20)19-15-3-7(4-15)5-15/h1,6-7H,2-5H2,(H,19,20)(H2,17,18,21,22). The van der Waals surface area contributed by atoms with Crippen LogP contribution < -0.4 is 10.9 Å². The van der Waals surface area contributed by atoms with Crippen LogP contribution in [-0.4, -0.2) is 26.5 Å². The lowest BCUT2D eigenvalue weighted by Crippen LogP contribution is -2.68. The van der Waals surface area contributed by atoms with Crippen LogP contribution in [0.25, 0.3) is 11.0 Å². The number of aromatic nitrogens is 2. The second-order valence-corrected chi connectivity index (χ2v) is 7.23. The fourth-order valence-electron chi connectivity index (χ4n) is 3.47. The molecule has 0 aromatic carbocycles. The van der Waals surface area contributed by atoms with Gasteiger partial charge < -0.3 is 15.4 Å². The number of carbonyl (C=O) groups excluding carboxylic acids is 1. The van der Waals surface area contributed by atoms with Crippen LogP contribution in [0.4, 0.5) is 0 Å². The van der Waals surface area contributed by atoms with E-state index in [9.17, 15) is 14.7 Å². The van der Waals surface area contributed by atoms with Gasteiger partial charge in [0.15, 0.2) is 0 Å². The Hall–Kier alpha value is -1.89. The monoisotopic (exact) mass is 363 g/mol. The van der Waals surface area contributed by atoms with Crippen LogP contribution in [0.3, 0.4) is 0 Å². The molecule has 0 radical (unpaired) electrons. The highest BCUT2D eigenvalue weighted by Crippen LogP contribution is 2.56. The van der Waals surface area contributed by atoms with E-state index in [4.69, 9.17) is 0 Å². The molecule has 0 atom stereocenters. The van der Waals surface area contributed by atoms with Crippen LogP contribution in [0.15, 0.2) is 21.5 Å². The fourth-order valence-corrected chi connectivity index (χ4v) is 3.80. The number of nitrogens with one attached hydrogen (secondary N) is 2. The summed E-state index contributed by atoms with van der Waals surface area (Å²) in [4.78, 5) is 30.9. The lowest BCUT2D eigenvalue weighted by Gasteiger charge is -2.61. The first kappa shape index (κ1) is 13.8. The first-order valence-electron chi connectivity index (χ1n) is 7.16. The molecular weight excluding hydrogens is 350 g/mol. The summed E-state index contributed by atoms with van der Waals surface area (Å²) in [6.45, 7) is 0. The first-order chi connectivity index (χ1) is 10.5. The van der Waals surface area contributed by atoms with E-state index in [0.717, 1.165) is 25.2 Å². The number of amides is 1. The number of rotatable bonds is 3. The van der Waals surface area contributed by atoms with Gasteiger partial charge in [-0.2, -0.15) is 0 Å². The molecule has 7 heteroatoms. The topological polar surface area (TPSA) is 95.1 Å². The third kappa shape index (κ3) is 2.03. The first-order valence-corrected chi connectivity index (χ1v) is 7.95. The molecule has 3 N–H and O–H groups in total. The average molecular weight is 364 g/mol. The highest BCUT2D eigenvalue weighted by molar-refractivity contribution is 9.10. The van der Waals surface area contributed by atoms with E-state index < -0.39 is 5.56 Å². The van der Waals surface area contributed by atoms with Gasteiger partial charge in [0.2, 0.25) is 5.91 Å². The number of aromatic amines is 1. The van der Waals surface area contributed by atoms with Crippen molar-refractivity contribution >= 4 is 32.9 Å². The van der Waals surface area contributed by atoms with Gasteiger partial charge in [-0.3, -0.25) is 9.59 Å². The molecule has 114 valence electrons.